The van der Waals surface area contributed by atoms with E-state index in [-0.39, 0.29) is 28.1 Å². The summed E-state index contributed by atoms with van der Waals surface area (Å²) in [7, 11) is 0. The number of halogens is 3. The molecule has 0 bridgehead atoms. The zero-order valence-corrected chi connectivity index (χ0v) is 9.31. The van der Waals surface area contributed by atoms with Crippen LogP contribution >= 0.6 is 23.2 Å². The van der Waals surface area contributed by atoms with E-state index in [1.54, 1.807) is 6.92 Å². The molecule has 0 fully saturated rings. The molecule has 0 aliphatic heterocycles. The highest BCUT2D eigenvalue weighted by molar-refractivity contribution is 6.69. The quantitative estimate of drug-likeness (QED) is 0.509. The molecular weight excluding hydrogens is 244 g/mol. The number of rotatable bonds is 3. The van der Waals surface area contributed by atoms with Gasteiger partial charge in [-0.05, 0) is 19.1 Å². The Labute approximate surface area is 96.1 Å². The molecule has 15 heavy (non-hydrogen) atoms. The molecule has 0 saturated heterocycles. The van der Waals surface area contributed by atoms with Gasteiger partial charge in [0.15, 0.2) is 16.7 Å². The Balaban J connectivity index is 3.28. The highest BCUT2D eigenvalue weighted by Crippen LogP contribution is 2.30. The molecule has 1 N–H and O–H groups in total. The maximum atomic E-state index is 13.7. The lowest BCUT2D eigenvalue weighted by molar-refractivity contribution is 0.317. The third-order valence-corrected chi connectivity index (χ3v) is 2.22. The van der Waals surface area contributed by atoms with Crippen molar-refractivity contribution >= 4 is 28.4 Å². The summed E-state index contributed by atoms with van der Waals surface area (Å²) in [6.07, 6.45) is 0. The fourth-order valence-electron chi connectivity index (χ4n) is 1.02. The zero-order chi connectivity index (χ0) is 11.4. The minimum atomic E-state index is -0.743. The smallest absolute Gasteiger partial charge is 0.178 e. The van der Waals surface area contributed by atoms with Crippen LogP contribution in [0.4, 0.5) is 4.39 Å². The SMILES string of the molecule is CCOc1c(Cl)ccc(/C(Cl)=N\O)c1F. The molecule has 0 heterocycles. The van der Waals surface area contributed by atoms with E-state index in [0.29, 0.717) is 0 Å². The van der Waals surface area contributed by atoms with Gasteiger partial charge in [-0.2, -0.15) is 0 Å². The first-order chi connectivity index (χ1) is 7.11. The molecule has 0 amide bonds. The van der Waals surface area contributed by atoms with E-state index in [1.165, 1.54) is 12.1 Å². The Kier molecular flexibility index (Phi) is 4.17. The molecule has 0 unspecified atom stereocenters. The predicted molar refractivity (Wildman–Crippen MR) is 56.8 cm³/mol. The van der Waals surface area contributed by atoms with Gasteiger partial charge >= 0.3 is 0 Å². The van der Waals surface area contributed by atoms with Gasteiger partial charge in [-0.1, -0.05) is 28.4 Å². The Morgan fingerprint density at radius 3 is 2.80 bits per heavy atom. The number of oxime groups is 1. The van der Waals surface area contributed by atoms with E-state index in [4.69, 9.17) is 33.1 Å². The molecular formula is C9H8Cl2FNO2. The first-order valence-electron chi connectivity index (χ1n) is 4.10. The van der Waals surface area contributed by atoms with E-state index in [1.807, 2.05) is 0 Å². The summed E-state index contributed by atoms with van der Waals surface area (Å²) < 4.78 is 18.7. The van der Waals surface area contributed by atoms with E-state index >= 15 is 0 Å². The van der Waals surface area contributed by atoms with Crippen LogP contribution in [0.15, 0.2) is 17.3 Å². The van der Waals surface area contributed by atoms with Crippen molar-refractivity contribution in [3.05, 3.63) is 28.5 Å². The predicted octanol–water partition coefficient (Wildman–Crippen LogP) is 3.25. The molecule has 1 rings (SSSR count). The van der Waals surface area contributed by atoms with Gasteiger partial charge in [-0.15, -0.1) is 0 Å². The van der Waals surface area contributed by atoms with Gasteiger partial charge in [0.2, 0.25) is 0 Å². The first-order valence-corrected chi connectivity index (χ1v) is 4.86. The molecule has 0 atom stereocenters. The third kappa shape index (κ3) is 2.52. The summed E-state index contributed by atoms with van der Waals surface area (Å²) in [6.45, 7) is 1.97. The van der Waals surface area contributed by atoms with Crippen LogP contribution in [0.1, 0.15) is 12.5 Å². The Morgan fingerprint density at radius 1 is 1.60 bits per heavy atom. The number of hydrogen-bond acceptors (Lipinski definition) is 3. The summed E-state index contributed by atoms with van der Waals surface area (Å²) in [5, 5.41) is 10.9. The van der Waals surface area contributed by atoms with Crippen molar-refractivity contribution < 1.29 is 14.3 Å². The van der Waals surface area contributed by atoms with Gasteiger partial charge in [0.1, 0.15) is 0 Å². The molecule has 0 saturated carbocycles. The minimum absolute atomic E-state index is 0.0629. The van der Waals surface area contributed by atoms with Crippen LogP contribution in [-0.4, -0.2) is 17.0 Å². The maximum Gasteiger partial charge on any atom is 0.178 e. The molecule has 0 aliphatic rings. The summed E-state index contributed by atoms with van der Waals surface area (Å²) >= 11 is 11.2. The number of nitrogens with zero attached hydrogens (tertiary/aromatic N) is 1. The van der Waals surface area contributed by atoms with Crippen LogP contribution in [0, 0.1) is 5.82 Å². The fraction of sp³-hybridized carbons (Fsp3) is 0.222. The van der Waals surface area contributed by atoms with Gasteiger partial charge in [0, 0.05) is 0 Å². The van der Waals surface area contributed by atoms with Crippen LogP contribution < -0.4 is 4.74 Å². The van der Waals surface area contributed by atoms with Crippen molar-refractivity contribution in [1.82, 2.24) is 0 Å². The summed E-state index contributed by atoms with van der Waals surface area (Å²) in [4.78, 5) is 0. The van der Waals surface area contributed by atoms with E-state index < -0.39 is 5.82 Å². The Bertz CT molecular complexity index is 396. The molecule has 6 heteroatoms. The molecule has 82 valence electrons. The van der Waals surface area contributed by atoms with Crippen molar-refractivity contribution in [3.8, 4) is 5.75 Å². The van der Waals surface area contributed by atoms with Crippen LogP contribution in [-0.2, 0) is 0 Å². The van der Waals surface area contributed by atoms with Crippen molar-refractivity contribution in [2.24, 2.45) is 5.16 Å². The lowest BCUT2D eigenvalue weighted by Crippen LogP contribution is -2.02. The van der Waals surface area contributed by atoms with Crippen molar-refractivity contribution in [2.75, 3.05) is 6.61 Å². The minimum Gasteiger partial charge on any atom is -0.489 e. The van der Waals surface area contributed by atoms with E-state index in [2.05, 4.69) is 5.16 Å². The molecule has 0 spiro atoms. The van der Waals surface area contributed by atoms with E-state index in [0.717, 1.165) is 0 Å². The lowest BCUT2D eigenvalue weighted by atomic mass is 10.2. The van der Waals surface area contributed by atoms with Gasteiger partial charge < -0.3 is 9.94 Å². The van der Waals surface area contributed by atoms with Crippen LogP contribution in [0.2, 0.25) is 5.02 Å². The Morgan fingerprint density at radius 2 is 2.27 bits per heavy atom. The average Bonchev–Trinajstić information content (AvgIpc) is 2.23. The molecule has 0 aliphatic carbocycles. The zero-order valence-electron chi connectivity index (χ0n) is 7.80. The molecule has 0 aromatic heterocycles. The molecule has 1 aromatic carbocycles. The van der Waals surface area contributed by atoms with Crippen LogP contribution in [0.25, 0.3) is 0 Å². The lowest BCUT2D eigenvalue weighted by Gasteiger charge is -2.09. The van der Waals surface area contributed by atoms with Gasteiger partial charge in [0.25, 0.3) is 0 Å². The van der Waals surface area contributed by atoms with E-state index in [9.17, 15) is 4.39 Å². The van der Waals surface area contributed by atoms with Gasteiger partial charge in [-0.3, -0.25) is 0 Å². The molecule has 1 aromatic rings. The molecule has 0 radical (unpaired) electrons. The van der Waals surface area contributed by atoms with Gasteiger partial charge in [-0.25, -0.2) is 4.39 Å². The second kappa shape index (κ2) is 5.19. The standard InChI is InChI=1S/C9H8Cl2FNO2/c1-2-15-8-6(10)4-3-5(7(8)12)9(11)13-14/h3-4,14H,2H2,1H3/b13-9+. The first kappa shape index (κ1) is 12.1. The van der Waals surface area contributed by atoms with Gasteiger partial charge in [0.05, 0.1) is 17.2 Å². The largest absolute Gasteiger partial charge is 0.489 e. The maximum absolute atomic E-state index is 13.7. The van der Waals surface area contributed by atoms with Crippen molar-refractivity contribution in [2.45, 2.75) is 6.92 Å². The number of ether oxygens (including phenoxy) is 1. The normalized spacial score (nSPS) is 11.6. The summed E-state index contributed by atoms with van der Waals surface area (Å²) in [6, 6.07) is 2.72. The topological polar surface area (TPSA) is 41.8 Å². The highest BCUT2D eigenvalue weighted by atomic mass is 35.5. The van der Waals surface area contributed by atoms with Crippen LogP contribution in [0.3, 0.4) is 0 Å². The number of hydrogen-bond donors (Lipinski definition) is 1. The summed E-state index contributed by atoms with van der Waals surface area (Å²) in [5.41, 5.74) is -0.0629. The average molecular weight is 252 g/mol. The number of benzene rings is 1. The third-order valence-electron chi connectivity index (χ3n) is 1.65. The monoisotopic (exact) mass is 251 g/mol. The second-order valence-electron chi connectivity index (χ2n) is 2.56. The summed E-state index contributed by atoms with van der Waals surface area (Å²) in [5.74, 6) is -0.842. The second-order valence-corrected chi connectivity index (χ2v) is 3.33. The van der Waals surface area contributed by atoms with Crippen molar-refractivity contribution in [1.29, 1.82) is 0 Å². The fourth-order valence-corrected chi connectivity index (χ4v) is 1.37. The van der Waals surface area contributed by atoms with Crippen molar-refractivity contribution in [3.63, 3.8) is 0 Å². The Hall–Kier alpha value is -1.00. The highest BCUT2D eigenvalue weighted by Gasteiger charge is 2.16. The van der Waals surface area contributed by atoms with Crippen LogP contribution in [0.5, 0.6) is 5.75 Å². The molecule has 3 nitrogen and oxygen atoms in total.